The van der Waals surface area contributed by atoms with Gasteiger partial charge in [-0.05, 0) is 19.3 Å². The van der Waals surface area contributed by atoms with E-state index in [1.807, 2.05) is 0 Å². The molecule has 2 atom stereocenters. The summed E-state index contributed by atoms with van der Waals surface area (Å²) in [4.78, 5) is 2.62. The fourth-order valence-electron chi connectivity index (χ4n) is 2.14. The average molecular weight is 184 g/mol. The zero-order valence-electron chi connectivity index (χ0n) is 9.34. The van der Waals surface area contributed by atoms with Crippen LogP contribution in [0.2, 0.25) is 0 Å². The summed E-state index contributed by atoms with van der Waals surface area (Å²) in [6, 6.07) is 0.730. The van der Waals surface area contributed by atoms with Crippen LogP contribution in [0.4, 0.5) is 0 Å². The van der Waals surface area contributed by atoms with Crippen molar-refractivity contribution in [3.8, 4) is 0 Å². The second-order valence-electron chi connectivity index (χ2n) is 4.44. The molecule has 1 saturated heterocycles. The summed E-state index contributed by atoms with van der Waals surface area (Å²) in [6.07, 6.45) is 2.69. The Balaban J connectivity index is 2.25. The van der Waals surface area contributed by atoms with Gasteiger partial charge in [0.15, 0.2) is 0 Å². The van der Waals surface area contributed by atoms with Gasteiger partial charge in [0.25, 0.3) is 0 Å². The van der Waals surface area contributed by atoms with E-state index < -0.39 is 0 Å². The first-order valence-electron chi connectivity index (χ1n) is 5.68. The van der Waals surface area contributed by atoms with Crippen molar-refractivity contribution in [1.29, 1.82) is 0 Å². The van der Waals surface area contributed by atoms with E-state index in [4.69, 9.17) is 0 Å². The van der Waals surface area contributed by atoms with Crippen LogP contribution >= 0.6 is 0 Å². The summed E-state index contributed by atoms with van der Waals surface area (Å²) in [5, 5.41) is 3.43. The predicted molar refractivity (Wildman–Crippen MR) is 58.0 cm³/mol. The first kappa shape index (κ1) is 11.0. The molecule has 1 aliphatic rings. The zero-order chi connectivity index (χ0) is 9.68. The van der Waals surface area contributed by atoms with E-state index in [1.165, 1.54) is 39.0 Å². The van der Waals surface area contributed by atoms with Crippen molar-refractivity contribution in [1.82, 2.24) is 10.2 Å². The maximum atomic E-state index is 3.43. The first-order valence-corrected chi connectivity index (χ1v) is 5.68. The van der Waals surface area contributed by atoms with Crippen LogP contribution in [-0.4, -0.2) is 37.1 Å². The molecule has 1 aliphatic heterocycles. The second kappa shape index (κ2) is 5.61. The fraction of sp³-hybridized carbons (Fsp3) is 1.00. The lowest BCUT2D eigenvalue weighted by molar-refractivity contribution is 0.149. The van der Waals surface area contributed by atoms with Crippen molar-refractivity contribution < 1.29 is 0 Å². The molecular weight excluding hydrogens is 160 g/mol. The largest absolute Gasteiger partial charge is 0.314 e. The Bertz CT molecular complexity index is 136. The summed E-state index contributed by atoms with van der Waals surface area (Å²) >= 11 is 0. The van der Waals surface area contributed by atoms with Crippen molar-refractivity contribution in [2.75, 3.05) is 26.2 Å². The van der Waals surface area contributed by atoms with Crippen LogP contribution in [0.15, 0.2) is 0 Å². The number of hydrogen-bond acceptors (Lipinski definition) is 2. The lowest BCUT2D eigenvalue weighted by Gasteiger charge is -2.35. The predicted octanol–water partition coefficient (Wildman–Crippen LogP) is 1.72. The maximum Gasteiger partial charge on any atom is 0.0193 e. The average Bonchev–Trinajstić information content (AvgIpc) is 2.09. The Hall–Kier alpha value is -0.0800. The summed E-state index contributed by atoms with van der Waals surface area (Å²) in [5.41, 5.74) is 0. The van der Waals surface area contributed by atoms with E-state index in [0.717, 1.165) is 12.0 Å². The SMILES string of the molecule is CCCC(C)CN1CCNC[C@H]1C. The van der Waals surface area contributed by atoms with Crippen LogP contribution in [0.25, 0.3) is 0 Å². The Morgan fingerprint density at radius 1 is 1.54 bits per heavy atom. The molecule has 0 amide bonds. The molecule has 1 heterocycles. The number of rotatable bonds is 4. The highest BCUT2D eigenvalue weighted by Crippen LogP contribution is 2.11. The van der Waals surface area contributed by atoms with Crippen molar-refractivity contribution in [2.24, 2.45) is 5.92 Å². The van der Waals surface area contributed by atoms with Crippen molar-refractivity contribution in [2.45, 2.75) is 39.7 Å². The summed E-state index contributed by atoms with van der Waals surface area (Å²) < 4.78 is 0. The van der Waals surface area contributed by atoms with E-state index in [2.05, 4.69) is 31.0 Å². The lowest BCUT2D eigenvalue weighted by Crippen LogP contribution is -2.50. The van der Waals surface area contributed by atoms with E-state index in [-0.39, 0.29) is 0 Å². The Labute approximate surface area is 82.7 Å². The number of nitrogens with zero attached hydrogens (tertiary/aromatic N) is 1. The molecule has 0 aromatic rings. The lowest BCUT2D eigenvalue weighted by atomic mass is 10.0. The zero-order valence-corrected chi connectivity index (χ0v) is 9.34. The molecule has 1 fully saturated rings. The molecule has 2 heteroatoms. The van der Waals surface area contributed by atoms with Gasteiger partial charge < -0.3 is 5.32 Å². The number of nitrogens with one attached hydrogen (secondary N) is 1. The molecule has 0 aliphatic carbocycles. The van der Waals surface area contributed by atoms with E-state index in [0.29, 0.717) is 0 Å². The smallest absolute Gasteiger partial charge is 0.0193 e. The molecule has 1 N–H and O–H groups in total. The van der Waals surface area contributed by atoms with E-state index >= 15 is 0 Å². The molecule has 0 aromatic heterocycles. The minimum Gasteiger partial charge on any atom is -0.314 e. The minimum atomic E-state index is 0.730. The van der Waals surface area contributed by atoms with Gasteiger partial charge in [0.1, 0.15) is 0 Å². The molecule has 2 nitrogen and oxygen atoms in total. The number of hydrogen-bond donors (Lipinski definition) is 1. The topological polar surface area (TPSA) is 15.3 Å². The summed E-state index contributed by atoms with van der Waals surface area (Å²) in [7, 11) is 0. The molecule has 0 radical (unpaired) electrons. The highest BCUT2D eigenvalue weighted by molar-refractivity contribution is 4.77. The van der Waals surface area contributed by atoms with Crippen molar-refractivity contribution in [3.63, 3.8) is 0 Å². The highest BCUT2D eigenvalue weighted by atomic mass is 15.2. The molecule has 0 saturated carbocycles. The van der Waals surface area contributed by atoms with Gasteiger partial charge in [-0.15, -0.1) is 0 Å². The van der Waals surface area contributed by atoms with Crippen LogP contribution in [0.1, 0.15) is 33.6 Å². The first-order chi connectivity index (χ1) is 6.24. The van der Waals surface area contributed by atoms with Gasteiger partial charge in [0.2, 0.25) is 0 Å². The maximum absolute atomic E-state index is 3.43. The molecule has 0 spiro atoms. The van der Waals surface area contributed by atoms with Crippen LogP contribution < -0.4 is 5.32 Å². The molecular formula is C11H24N2. The van der Waals surface area contributed by atoms with Crippen LogP contribution in [0, 0.1) is 5.92 Å². The molecule has 0 bridgehead atoms. The second-order valence-corrected chi connectivity index (χ2v) is 4.44. The van der Waals surface area contributed by atoms with Crippen molar-refractivity contribution >= 4 is 0 Å². The molecule has 78 valence electrons. The Kier molecular flexibility index (Phi) is 4.74. The van der Waals surface area contributed by atoms with Gasteiger partial charge in [-0.3, -0.25) is 4.90 Å². The van der Waals surface area contributed by atoms with Crippen LogP contribution in [0.3, 0.4) is 0 Å². The third kappa shape index (κ3) is 3.65. The Morgan fingerprint density at radius 2 is 2.31 bits per heavy atom. The molecule has 0 aromatic carbocycles. The molecule has 1 rings (SSSR count). The molecule has 13 heavy (non-hydrogen) atoms. The van der Waals surface area contributed by atoms with Crippen molar-refractivity contribution in [3.05, 3.63) is 0 Å². The third-order valence-corrected chi connectivity index (χ3v) is 2.97. The standard InChI is InChI=1S/C11H24N2/c1-4-5-10(2)9-13-7-6-12-8-11(13)3/h10-12H,4-9H2,1-3H3/t10?,11-/m1/s1. The van der Waals surface area contributed by atoms with Gasteiger partial charge in [0, 0.05) is 32.2 Å². The normalized spacial score (nSPS) is 27.5. The number of piperazine rings is 1. The summed E-state index contributed by atoms with van der Waals surface area (Å²) in [5.74, 6) is 0.866. The van der Waals surface area contributed by atoms with E-state index in [9.17, 15) is 0 Å². The monoisotopic (exact) mass is 184 g/mol. The van der Waals surface area contributed by atoms with Gasteiger partial charge in [-0.25, -0.2) is 0 Å². The third-order valence-electron chi connectivity index (χ3n) is 2.97. The van der Waals surface area contributed by atoms with E-state index in [1.54, 1.807) is 0 Å². The van der Waals surface area contributed by atoms with Gasteiger partial charge >= 0.3 is 0 Å². The quantitative estimate of drug-likeness (QED) is 0.715. The van der Waals surface area contributed by atoms with Gasteiger partial charge in [0.05, 0.1) is 0 Å². The minimum absolute atomic E-state index is 0.730. The van der Waals surface area contributed by atoms with Gasteiger partial charge in [-0.1, -0.05) is 20.3 Å². The fourth-order valence-corrected chi connectivity index (χ4v) is 2.14. The summed E-state index contributed by atoms with van der Waals surface area (Å²) in [6.45, 7) is 11.8. The van der Waals surface area contributed by atoms with Crippen LogP contribution in [0.5, 0.6) is 0 Å². The highest BCUT2D eigenvalue weighted by Gasteiger charge is 2.18. The van der Waals surface area contributed by atoms with Crippen LogP contribution in [-0.2, 0) is 0 Å². The van der Waals surface area contributed by atoms with Gasteiger partial charge in [-0.2, -0.15) is 0 Å². The molecule has 1 unspecified atom stereocenters. The Morgan fingerprint density at radius 3 is 2.92 bits per heavy atom.